The van der Waals surface area contributed by atoms with Crippen LogP contribution in [0.5, 0.6) is 11.5 Å². The van der Waals surface area contributed by atoms with Crippen molar-refractivity contribution in [2.75, 3.05) is 42.6 Å². The first kappa shape index (κ1) is 46.7. The van der Waals surface area contributed by atoms with Crippen molar-refractivity contribution in [3.8, 4) is 11.5 Å². The highest BCUT2D eigenvalue weighted by molar-refractivity contribution is 6.14. The molecule has 0 aromatic heterocycles. The molecule has 0 amide bonds. The Morgan fingerprint density at radius 1 is 0.655 bits per heavy atom. The van der Waals surface area contributed by atoms with E-state index in [1.807, 2.05) is 57.7 Å². The van der Waals surface area contributed by atoms with E-state index in [-0.39, 0.29) is 46.4 Å². The van der Waals surface area contributed by atoms with Crippen LogP contribution in [0.2, 0.25) is 0 Å². The molecule has 0 fully saturated rings. The molecular weight excluding hydrogens is 733 g/mol. The van der Waals surface area contributed by atoms with E-state index in [0.717, 1.165) is 57.3 Å². The Hall–Kier alpha value is -5.64. The predicted molar refractivity (Wildman–Crippen MR) is 232 cm³/mol. The largest absolute Gasteiger partial charge is 0.507 e. The van der Waals surface area contributed by atoms with Gasteiger partial charge in [-0.1, -0.05) is 94.5 Å². The molecule has 4 aromatic rings. The Balaban J connectivity index is 0.000000310. The Morgan fingerprint density at radius 2 is 1.24 bits per heavy atom. The van der Waals surface area contributed by atoms with Crippen molar-refractivity contribution in [1.29, 1.82) is 0 Å². The van der Waals surface area contributed by atoms with E-state index < -0.39 is 17.9 Å². The zero-order valence-electron chi connectivity index (χ0n) is 35.1. The van der Waals surface area contributed by atoms with Crippen LogP contribution < -0.4 is 9.80 Å². The van der Waals surface area contributed by atoms with Crippen LogP contribution in [0.25, 0.3) is 0 Å². The normalized spacial score (nSPS) is 11.2. The lowest BCUT2D eigenvalue weighted by atomic mass is 9.89. The van der Waals surface area contributed by atoms with Crippen LogP contribution in [0, 0.1) is 5.92 Å². The van der Waals surface area contributed by atoms with Crippen LogP contribution in [0.15, 0.2) is 84.9 Å². The van der Waals surface area contributed by atoms with Gasteiger partial charge in [0.2, 0.25) is 0 Å². The van der Waals surface area contributed by atoms with Crippen LogP contribution in [-0.4, -0.2) is 71.6 Å². The van der Waals surface area contributed by atoms with E-state index >= 15 is 0 Å². The monoisotopic (exact) mass is 794 g/mol. The molecule has 0 spiro atoms. The first-order valence-corrected chi connectivity index (χ1v) is 20.8. The molecule has 0 heterocycles. The molecule has 0 aliphatic carbocycles. The molecule has 10 nitrogen and oxygen atoms in total. The van der Waals surface area contributed by atoms with Crippen molar-refractivity contribution in [3.05, 3.63) is 118 Å². The summed E-state index contributed by atoms with van der Waals surface area (Å²) < 4.78 is 5.42. The summed E-state index contributed by atoms with van der Waals surface area (Å²) in [6.45, 7) is 14.9. The summed E-state index contributed by atoms with van der Waals surface area (Å²) in [6.07, 6.45) is 6.67. The van der Waals surface area contributed by atoms with Crippen molar-refractivity contribution in [2.24, 2.45) is 5.92 Å². The van der Waals surface area contributed by atoms with Crippen molar-refractivity contribution >= 4 is 34.9 Å². The standard InChI is InChI=1S/2C24H31NO4/c1-4-7-11-19(17-29-24(28)18-12-9-8-10-13-18)23(27)21-15-14-20(16-22(21)26)25(5-2)6-3;1-4-7-8-12-15-18-19(24(28)29)16-20(25(5-2)6-3)23(27)21(18)22(26)17-13-10-9-11-14-17/h8-10,12-16,19,26H,4-7,11,17H2,1-3H3;9-11,13-14,16,27H,4-8,12,15H2,1-3H3,(H,28,29). The van der Waals surface area contributed by atoms with Gasteiger partial charge in [0.15, 0.2) is 11.6 Å². The van der Waals surface area contributed by atoms with E-state index in [2.05, 4.69) is 11.8 Å². The zero-order chi connectivity index (χ0) is 42.6. The zero-order valence-corrected chi connectivity index (χ0v) is 35.1. The number of rotatable bonds is 22. The second-order valence-corrected chi connectivity index (χ2v) is 14.2. The van der Waals surface area contributed by atoms with Crippen molar-refractivity contribution in [2.45, 2.75) is 92.9 Å². The molecule has 0 aliphatic heterocycles. The number of benzene rings is 4. The van der Waals surface area contributed by atoms with Crippen LogP contribution in [0.1, 0.15) is 139 Å². The molecule has 0 saturated heterocycles. The number of nitrogens with zero attached hydrogens (tertiary/aromatic N) is 2. The minimum atomic E-state index is -1.08. The van der Waals surface area contributed by atoms with Crippen molar-refractivity contribution in [1.82, 2.24) is 0 Å². The Kier molecular flexibility index (Phi) is 19.5. The van der Waals surface area contributed by atoms with E-state index in [4.69, 9.17) is 4.74 Å². The molecule has 312 valence electrons. The van der Waals surface area contributed by atoms with Gasteiger partial charge in [0.05, 0.1) is 33.9 Å². The number of carbonyl (C=O) groups excluding carboxylic acids is 3. The number of carboxylic acid groups (broad SMARTS) is 1. The smallest absolute Gasteiger partial charge is 0.338 e. The topological polar surface area (TPSA) is 145 Å². The number of anilines is 2. The molecule has 1 atom stereocenters. The Bertz CT molecular complexity index is 1920. The summed E-state index contributed by atoms with van der Waals surface area (Å²) >= 11 is 0. The number of carbonyl (C=O) groups is 4. The van der Waals surface area contributed by atoms with Gasteiger partial charge in [0.25, 0.3) is 0 Å². The molecule has 3 N–H and O–H groups in total. The molecule has 4 rings (SSSR count). The van der Waals surface area contributed by atoms with Gasteiger partial charge in [0.1, 0.15) is 18.1 Å². The van der Waals surface area contributed by atoms with E-state index in [1.54, 1.807) is 60.7 Å². The van der Waals surface area contributed by atoms with Gasteiger partial charge >= 0.3 is 11.9 Å². The minimum absolute atomic E-state index is 0.00377. The number of esters is 1. The number of phenolic OH excluding ortho intramolecular Hbond substituents is 2. The summed E-state index contributed by atoms with van der Waals surface area (Å²) in [5.41, 5.74) is 3.09. The van der Waals surface area contributed by atoms with Gasteiger partial charge < -0.3 is 29.9 Å². The fourth-order valence-corrected chi connectivity index (χ4v) is 6.97. The number of ether oxygens (including phenoxy) is 1. The lowest BCUT2D eigenvalue weighted by molar-refractivity contribution is 0.0421. The number of hydrogen-bond acceptors (Lipinski definition) is 9. The molecular formula is C48H62N2O8. The van der Waals surface area contributed by atoms with Gasteiger partial charge in [-0.25, -0.2) is 9.59 Å². The third-order valence-corrected chi connectivity index (χ3v) is 10.3. The fraction of sp³-hybridized carbons (Fsp3) is 0.417. The molecule has 0 aliphatic rings. The van der Waals surface area contributed by atoms with Gasteiger partial charge in [-0.05, 0) is 82.9 Å². The number of Topliss-reactive ketones (excluding diaryl/α,β-unsaturated/α-hetero) is 1. The van der Waals surface area contributed by atoms with Crippen molar-refractivity contribution < 1.29 is 39.2 Å². The number of aromatic hydroxyl groups is 2. The summed E-state index contributed by atoms with van der Waals surface area (Å²) in [5.74, 6) is -2.69. The minimum Gasteiger partial charge on any atom is -0.507 e. The number of ketones is 2. The summed E-state index contributed by atoms with van der Waals surface area (Å²) in [4.78, 5) is 54.7. The highest BCUT2D eigenvalue weighted by atomic mass is 16.5. The number of carboxylic acids is 1. The van der Waals surface area contributed by atoms with Gasteiger partial charge in [-0.3, -0.25) is 9.59 Å². The van der Waals surface area contributed by atoms with Crippen molar-refractivity contribution in [3.63, 3.8) is 0 Å². The Labute approximate surface area is 344 Å². The molecule has 10 heteroatoms. The van der Waals surface area contributed by atoms with E-state index in [1.165, 1.54) is 6.07 Å². The van der Waals surface area contributed by atoms with Crippen LogP contribution in [0.3, 0.4) is 0 Å². The number of phenols is 2. The van der Waals surface area contributed by atoms with E-state index in [9.17, 15) is 34.5 Å². The molecule has 0 radical (unpaired) electrons. The molecule has 4 aromatic carbocycles. The first-order chi connectivity index (χ1) is 28.0. The summed E-state index contributed by atoms with van der Waals surface area (Å²) in [7, 11) is 0. The van der Waals surface area contributed by atoms with Crippen LogP contribution in [-0.2, 0) is 11.2 Å². The lowest BCUT2D eigenvalue weighted by Crippen LogP contribution is -2.24. The second-order valence-electron chi connectivity index (χ2n) is 14.2. The third-order valence-electron chi connectivity index (χ3n) is 10.3. The molecule has 0 saturated carbocycles. The molecule has 58 heavy (non-hydrogen) atoms. The summed E-state index contributed by atoms with van der Waals surface area (Å²) in [6, 6.07) is 24.1. The molecule has 1 unspecified atom stereocenters. The second kappa shape index (κ2) is 24.2. The van der Waals surface area contributed by atoms with Gasteiger partial charge in [0, 0.05) is 43.5 Å². The molecule has 0 bridgehead atoms. The van der Waals surface area contributed by atoms with Gasteiger partial charge in [-0.15, -0.1) is 0 Å². The quantitative estimate of drug-likeness (QED) is 0.0399. The lowest BCUT2D eigenvalue weighted by Gasteiger charge is -2.25. The SMILES string of the molecule is CCCCC(COC(=O)c1ccccc1)C(=O)c1ccc(N(CC)CC)cc1O.CCCCCCc1c(C(=O)O)cc(N(CC)CC)c(O)c1C(=O)c1ccccc1. The number of aromatic carboxylic acids is 1. The highest BCUT2D eigenvalue weighted by Gasteiger charge is 2.28. The summed E-state index contributed by atoms with van der Waals surface area (Å²) in [5, 5.41) is 31.4. The van der Waals surface area contributed by atoms with Crippen LogP contribution >= 0.6 is 0 Å². The maximum absolute atomic E-state index is 13.3. The predicted octanol–water partition coefficient (Wildman–Crippen LogP) is 10.4. The van der Waals surface area contributed by atoms with E-state index in [0.29, 0.717) is 48.3 Å². The third kappa shape index (κ3) is 12.7. The Morgan fingerprint density at radius 3 is 1.78 bits per heavy atom. The number of unbranched alkanes of at least 4 members (excludes halogenated alkanes) is 4. The first-order valence-electron chi connectivity index (χ1n) is 20.8. The van der Waals surface area contributed by atoms with Crippen LogP contribution in [0.4, 0.5) is 11.4 Å². The average Bonchev–Trinajstić information content (AvgIpc) is 3.24. The van der Waals surface area contributed by atoms with Gasteiger partial charge in [-0.2, -0.15) is 0 Å². The highest BCUT2D eigenvalue weighted by Crippen LogP contribution is 2.38. The maximum Gasteiger partial charge on any atom is 0.338 e. The maximum atomic E-state index is 13.3. The fourth-order valence-electron chi connectivity index (χ4n) is 6.97. The number of hydrogen-bond donors (Lipinski definition) is 3. The average molecular weight is 795 g/mol.